The van der Waals surface area contributed by atoms with Gasteiger partial charge >= 0.3 is 0 Å². The van der Waals surface area contributed by atoms with Crippen LogP contribution in [-0.4, -0.2) is 70.4 Å². The molecule has 0 bridgehead atoms. The molecule has 1 aliphatic heterocycles. The van der Waals surface area contributed by atoms with E-state index < -0.39 is 6.04 Å². The summed E-state index contributed by atoms with van der Waals surface area (Å²) in [5.74, 6) is -0.477. The molecule has 0 spiro atoms. The monoisotopic (exact) mass is 321 g/mol. The van der Waals surface area contributed by atoms with E-state index in [1.807, 2.05) is 13.8 Å². The van der Waals surface area contributed by atoms with Crippen LogP contribution in [0.5, 0.6) is 0 Å². The number of rotatable bonds is 3. The molecule has 2 heterocycles. The summed E-state index contributed by atoms with van der Waals surface area (Å²) in [6.45, 7) is 6.18. The minimum absolute atomic E-state index is 0.0605. The average molecular weight is 321 g/mol. The first-order valence-corrected chi connectivity index (χ1v) is 7.62. The van der Waals surface area contributed by atoms with Crippen LogP contribution >= 0.6 is 0 Å². The Balaban J connectivity index is 2.10. The highest BCUT2D eigenvalue weighted by Crippen LogP contribution is 2.15. The largest absolute Gasteiger partial charge is 0.357 e. The number of aromatic amines is 1. The molecule has 0 saturated carbocycles. The summed E-state index contributed by atoms with van der Waals surface area (Å²) >= 11 is 0. The van der Waals surface area contributed by atoms with Crippen LogP contribution in [0.25, 0.3) is 0 Å². The number of hydrogen-bond acceptors (Lipinski definition) is 4. The maximum atomic E-state index is 12.6. The van der Waals surface area contributed by atoms with Gasteiger partial charge in [-0.05, 0) is 13.8 Å². The van der Waals surface area contributed by atoms with E-state index in [4.69, 9.17) is 0 Å². The number of nitrogens with one attached hydrogen (secondary N) is 2. The van der Waals surface area contributed by atoms with E-state index in [9.17, 15) is 14.4 Å². The molecule has 1 atom stereocenters. The second-order valence-electron chi connectivity index (χ2n) is 5.77. The highest BCUT2D eigenvalue weighted by Gasteiger charge is 2.35. The topological polar surface area (TPSA) is 98.4 Å². The molecule has 2 rings (SSSR count). The van der Waals surface area contributed by atoms with Gasteiger partial charge in [-0.3, -0.25) is 19.5 Å². The molecule has 0 aliphatic carbocycles. The maximum Gasteiger partial charge on any atom is 0.244 e. The van der Waals surface area contributed by atoms with Crippen LogP contribution in [-0.2, 0) is 20.8 Å². The molecule has 8 heteroatoms. The van der Waals surface area contributed by atoms with Crippen LogP contribution in [0.3, 0.4) is 0 Å². The molecule has 1 aromatic rings. The van der Waals surface area contributed by atoms with Crippen molar-refractivity contribution < 1.29 is 14.4 Å². The summed E-state index contributed by atoms with van der Waals surface area (Å²) in [6.07, 6.45) is 0.245. The number of carbonyl (C=O) groups excluding carboxylic acids is 3. The molecule has 1 aromatic heterocycles. The number of H-pyrrole nitrogens is 1. The minimum Gasteiger partial charge on any atom is -0.357 e. The number of nitrogens with zero attached hydrogens (tertiary/aromatic N) is 3. The average Bonchev–Trinajstić information content (AvgIpc) is 2.85. The normalized spacial score (nSPS) is 18.0. The van der Waals surface area contributed by atoms with Gasteiger partial charge in [-0.15, -0.1) is 0 Å². The molecule has 1 fully saturated rings. The van der Waals surface area contributed by atoms with Crippen LogP contribution in [0, 0.1) is 13.8 Å². The van der Waals surface area contributed by atoms with Gasteiger partial charge < -0.3 is 15.1 Å². The summed E-state index contributed by atoms with van der Waals surface area (Å²) in [6, 6.07) is -0.637. The SMILES string of the molecule is CNC(=O)C1CN(C(=O)Cc2c(C)n[nH]c2C)CCN1C(C)=O. The Kier molecular flexibility index (Phi) is 5.02. The minimum atomic E-state index is -0.637. The summed E-state index contributed by atoms with van der Waals surface area (Å²) < 4.78 is 0. The molecule has 8 nitrogen and oxygen atoms in total. The van der Waals surface area contributed by atoms with Gasteiger partial charge in [0.05, 0.1) is 18.7 Å². The molecule has 1 saturated heterocycles. The highest BCUT2D eigenvalue weighted by molar-refractivity contribution is 5.88. The summed E-state index contributed by atoms with van der Waals surface area (Å²) in [4.78, 5) is 39.4. The number of aryl methyl sites for hydroxylation is 2. The molecule has 126 valence electrons. The Bertz CT molecular complexity index is 605. The Morgan fingerprint density at radius 3 is 2.52 bits per heavy atom. The molecule has 2 N–H and O–H groups in total. The number of likely N-dealkylation sites (N-methyl/N-ethyl adjacent to an activating group) is 1. The van der Waals surface area contributed by atoms with Crippen molar-refractivity contribution in [3.05, 3.63) is 17.0 Å². The summed E-state index contributed by atoms with van der Waals surface area (Å²) in [7, 11) is 1.53. The zero-order chi connectivity index (χ0) is 17.1. The smallest absolute Gasteiger partial charge is 0.244 e. The molecular formula is C15H23N5O3. The van der Waals surface area contributed by atoms with Gasteiger partial charge in [0.2, 0.25) is 17.7 Å². The lowest BCUT2D eigenvalue weighted by Crippen LogP contribution is -2.61. The van der Waals surface area contributed by atoms with Crippen molar-refractivity contribution in [3.63, 3.8) is 0 Å². The second-order valence-corrected chi connectivity index (χ2v) is 5.77. The number of carbonyl (C=O) groups is 3. The van der Waals surface area contributed by atoms with Crippen LogP contribution in [0.4, 0.5) is 0 Å². The van der Waals surface area contributed by atoms with Crippen LogP contribution in [0.2, 0.25) is 0 Å². The Morgan fingerprint density at radius 1 is 1.30 bits per heavy atom. The molecule has 0 aromatic carbocycles. The van der Waals surface area contributed by atoms with Crippen molar-refractivity contribution >= 4 is 17.7 Å². The van der Waals surface area contributed by atoms with Crippen molar-refractivity contribution in [2.45, 2.75) is 33.2 Å². The summed E-state index contributed by atoms with van der Waals surface area (Å²) in [5, 5.41) is 9.52. The zero-order valence-electron chi connectivity index (χ0n) is 14.0. The number of hydrogen-bond donors (Lipinski definition) is 2. The predicted molar refractivity (Wildman–Crippen MR) is 83.6 cm³/mol. The first-order chi connectivity index (χ1) is 10.8. The van der Waals surface area contributed by atoms with Crippen LogP contribution in [0.15, 0.2) is 0 Å². The van der Waals surface area contributed by atoms with E-state index in [0.29, 0.717) is 13.1 Å². The third-order valence-corrected chi connectivity index (χ3v) is 4.30. The van der Waals surface area contributed by atoms with Gasteiger partial charge in [0.25, 0.3) is 0 Å². The van der Waals surface area contributed by atoms with Crippen molar-refractivity contribution in [2.24, 2.45) is 0 Å². The third-order valence-electron chi connectivity index (χ3n) is 4.30. The van der Waals surface area contributed by atoms with E-state index >= 15 is 0 Å². The first kappa shape index (κ1) is 17.0. The fourth-order valence-corrected chi connectivity index (χ4v) is 2.87. The lowest BCUT2D eigenvalue weighted by molar-refractivity contribution is -0.146. The van der Waals surface area contributed by atoms with Crippen molar-refractivity contribution in [3.8, 4) is 0 Å². The van der Waals surface area contributed by atoms with Crippen LogP contribution in [0.1, 0.15) is 23.9 Å². The van der Waals surface area contributed by atoms with Crippen molar-refractivity contribution in [2.75, 3.05) is 26.7 Å². The maximum absolute atomic E-state index is 12.6. The van der Waals surface area contributed by atoms with E-state index in [1.165, 1.54) is 18.9 Å². The van der Waals surface area contributed by atoms with Crippen molar-refractivity contribution in [1.29, 1.82) is 0 Å². The van der Waals surface area contributed by atoms with Gasteiger partial charge in [-0.25, -0.2) is 0 Å². The standard InChI is InChI=1S/C15H23N5O3/c1-9-12(10(2)18-17-9)7-14(22)19-5-6-20(11(3)21)13(8-19)15(23)16-4/h13H,5-8H2,1-4H3,(H,16,23)(H,17,18). The van der Waals surface area contributed by atoms with Crippen LogP contribution < -0.4 is 5.32 Å². The van der Waals surface area contributed by atoms with Gasteiger partial charge in [-0.2, -0.15) is 5.10 Å². The van der Waals surface area contributed by atoms with E-state index in [2.05, 4.69) is 15.5 Å². The molecule has 0 radical (unpaired) electrons. The molecule has 1 unspecified atom stereocenters. The Labute approximate surface area is 135 Å². The van der Waals surface area contributed by atoms with Crippen molar-refractivity contribution in [1.82, 2.24) is 25.3 Å². The number of aromatic nitrogens is 2. The molecular weight excluding hydrogens is 298 g/mol. The zero-order valence-corrected chi connectivity index (χ0v) is 14.0. The van der Waals surface area contributed by atoms with Gasteiger partial charge in [-0.1, -0.05) is 0 Å². The van der Waals surface area contributed by atoms with E-state index in [-0.39, 0.29) is 30.7 Å². The predicted octanol–water partition coefficient (Wildman–Crippen LogP) is -0.626. The number of piperazine rings is 1. The highest BCUT2D eigenvalue weighted by atomic mass is 16.2. The fourth-order valence-electron chi connectivity index (χ4n) is 2.87. The first-order valence-electron chi connectivity index (χ1n) is 7.62. The van der Waals surface area contributed by atoms with Gasteiger partial charge in [0.1, 0.15) is 6.04 Å². The second kappa shape index (κ2) is 6.80. The molecule has 1 aliphatic rings. The lowest BCUT2D eigenvalue weighted by Gasteiger charge is -2.40. The number of amides is 3. The van der Waals surface area contributed by atoms with E-state index in [0.717, 1.165) is 17.0 Å². The Hall–Kier alpha value is -2.38. The quantitative estimate of drug-likeness (QED) is 0.775. The lowest BCUT2D eigenvalue weighted by atomic mass is 10.1. The summed E-state index contributed by atoms with van der Waals surface area (Å²) in [5.41, 5.74) is 2.57. The molecule has 23 heavy (non-hydrogen) atoms. The molecule has 3 amide bonds. The van der Waals surface area contributed by atoms with Gasteiger partial charge in [0.15, 0.2) is 0 Å². The van der Waals surface area contributed by atoms with E-state index in [1.54, 1.807) is 4.90 Å². The third kappa shape index (κ3) is 3.52. The van der Waals surface area contributed by atoms with Gasteiger partial charge in [0, 0.05) is 38.3 Å². The Morgan fingerprint density at radius 2 is 2.00 bits per heavy atom. The fraction of sp³-hybridized carbons (Fsp3) is 0.600.